The van der Waals surface area contributed by atoms with Crippen molar-refractivity contribution in [3.05, 3.63) is 24.3 Å². The summed E-state index contributed by atoms with van der Waals surface area (Å²) in [6, 6.07) is 8.12. The summed E-state index contributed by atoms with van der Waals surface area (Å²) < 4.78 is 2.15. The van der Waals surface area contributed by atoms with Crippen molar-refractivity contribution >= 4 is 28.0 Å². The number of nitrogens with zero attached hydrogens (tertiary/aromatic N) is 4. The number of nitrogens with one attached hydrogen (secondary N) is 1. The highest BCUT2D eigenvalue weighted by molar-refractivity contribution is 6.04. The van der Waals surface area contributed by atoms with Gasteiger partial charge in [0, 0.05) is 11.9 Å². The normalized spacial score (nSPS) is 11.2. The average Bonchev–Trinajstić information content (AvgIpc) is 2.73. The number of hydrogen-bond donors (Lipinski definition) is 2. The molecule has 6 heteroatoms. The SMILES string of the molecule is CCCn1c2ccccc2c2nnc(NN)nc21. The van der Waals surface area contributed by atoms with E-state index in [1.165, 1.54) is 0 Å². The van der Waals surface area contributed by atoms with Gasteiger partial charge in [0.15, 0.2) is 5.65 Å². The lowest BCUT2D eigenvalue weighted by Crippen LogP contribution is -2.11. The maximum absolute atomic E-state index is 5.33. The van der Waals surface area contributed by atoms with Crippen LogP contribution in [0.2, 0.25) is 0 Å². The zero-order valence-electron chi connectivity index (χ0n) is 10.1. The molecule has 0 saturated carbocycles. The van der Waals surface area contributed by atoms with E-state index in [0.29, 0.717) is 5.95 Å². The molecule has 0 unspecified atom stereocenters. The van der Waals surface area contributed by atoms with E-state index < -0.39 is 0 Å². The number of aryl methyl sites for hydroxylation is 1. The summed E-state index contributed by atoms with van der Waals surface area (Å²) in [5.74, 6) is 5.67. The predicted octanol–water partition coefficient (Wildman–Crippen LogP) is 1.68. The van der Waals surface area contributed by atoms with E-state index in [1.54, 1.807) is 0 Å². The van der Waals surface area contributed by atoms with E-state index in [9.17, 15) is 0 Å². The van der Waals surface area contributed by atoms with Gasteiger partial charge < -0.3 is 4.57 Å². The molecule has 0 spiro atoms. The van der Waals surface area contributed by atoms with Gasteiger partial charge in [0.05, 0.1) is 5.52 Å². The second-order valence-corrected chi connectivity index (χ2v) is 4.12. The molecule has 0 aliphatic carbocycles. The van der Waals surface area contributed by atoms with Gasteiger partial charge in [0.2, 0.25) is 0 Å². The standard InChI is InChI=1S/C12H14N6/c1-2-7-18-9-6-4-3-5-8(9)10-11(18)14-12(15-13)17-16-10/h3-6H,2,7,13H2,1H3,(H,14,15,17). The predicted molar refractivity (Wildman–Crippen MR) is 70.9 cm³/mol. The minimum atomic E-state index is 0.336. The summed E-state index contributed by atoms with van der Waals surface area (Å²) in [6.07, 6.45) is 1.03. The van der Waals surface area contributed by atoms with Crippen LogP contribution in [0, 0.1) is 0 Å². The fourth-order valence-electron chi connectivity index (χ4n) is 2.21. The molecule has 2 aromatic heterocycles. The van der Waals surface area contributed by atoms with Crippen LogP contribution in [0.15, 0.2) is 24.3 Å². The van der Waals surface area contributed by atoms with Crippen molar-refractivity contribution in [3.8, 4) is 0 Å². The number of hydrazine groups is 1. The van der Waals surface area contributed by atoms with Crippen molar-refractivity contribution in [1.82, 2.24) is 19.7 Å². The van der Waals surface area contributed by atoms with E-state index in [1.807, 2.05) is 18.2 Å². The minimum Gasteiger partial charge on any atom is -0.324 e. The highest BCUT2D eigenvalue weighted by Gasteiger charge is 2.13. The van der Waals surface area contributed by atoms with Crippen LogP contribution in [0.5, 0.6) is 0 Å². The number of rotatable bonds is 3. The first kappa shape index (κ1) is 10.9. The first-order valence-corrected chi connectivity index (χ1v) is 5.93. The summed E-state index contributed by atoms with van der Waals surface area (Å²) in [5, 5.41) is 9.22. The van der Waals surface area contributed by atoms with Crippen LogP contribution >= 0.6 is 0 Å². The molecule has 0 bridgehead atoms. The van der Waals surface area contributed by atoms with Crippen molar-refractivity contribution in [3.63, 3.8) is 0 Å². The summed E-state index contributed by atoms with van der Waals surface area (Å²) in [6.45, 7) is 3.03. The van der Waals surface area contributed by atoms with E-state index in [-0.39, 0.29) is 0 Å². The van der Waals surface area contributed by atoms with Gasteiger partial charge in [-0.1, -0.05) is 25.1 Å². The molecule has 0 fully saturated rings. The average molecular weight is 242 g/mol. The Morgan fingerprint density at radius 2 is 2.11 bits per heavy atom. The first-order chi connectivity index (χ1) is 8.85. The number of nitrogens with two attached hydrogens (primary N) is 1. The van der Waals surface area contributed by atoms with Crippen LogP contribution in [0.3, 0.4) is 0 Å². The minimum absolute atomic E-state index is 0.336. The molecular formula is C12H14N6. The van der Waals surface area contributed by atoms with Gasteiger partial charge in [-0.2, -0.15) is 4.98 Å². The van der Waals surface area contributed by atoms with Crippen LogP contribution < -0.4 is 11.3 Å². The molecule has 0 amide bonds. The molecule has 0 atom stereocenters. The molecule has 0 aliphatic heterocycles. The zero-order valence-corrected chi connectivity index (χ0v) is 10.1. The Hall–Kier alpha value is -2.21. The lowest BCUT2D eigenvalue weighted by atomic mass is 10.2. The van der Waals surface area contributed by atoms with Gasteiger partial charge in [-0.25, -0.2) is 5.84 Å². The number of fused-ring (bicyclic) bond motifs is 3. The summed E-state index contributed by atoms with van der Waals surface area (Å²) in [4.78, 5) is 4.40. The Bertz CT molecular complexity index is 702. The van der Waals surface area contributed by atoms with Crippen LogP contribution in [0.25, 0.3) is 22.1 Å². The number of aromatic nitrogens is 4. The van der Waals surface area contributed by atoms with Gasteiger partial charge in [-0.3, -0.25) is 5.43 Å². The third kappa shape index (κ3) is 1.50. The third-order valence-electron chi connectivity index (χ3n) is 2.95. The Morgan fingerprint density at radius 1 is 1.28 bits per heavy atom. The second kappa shape index (κ2) is 4.23. The number of hydrogen-bond acceptors (Lipinski definition) is 5. The zero-order chi connectivity index (χ0) is 12.5. The molecular weight excluding hydrogens is 228 g/mol. The Labute approximate surface area is 104 Å². The maximum atomic E-state index is 5.33. The number of anilines is 1. The van der Waals surface area contributed by atoms with E-state index in [4.69, 9.17) is 5.84 Å². The van der Waals surface area contributed by atoms with Gasteiger partial charge in [0.1, 0.15) is 5.52 Å². The topological polar surface area (TPSA) is 81.7 Å². The summed E-state index contributed by atoms with van der Waals surface area (Å²) in [5.41, 5.74) is 5.20. The van der Waals surface area contributed by atoms with Crippen molar-refractivity contribution in [2.75, 3.05) is 5.43 Å². The third-order valence-corrected chi connectivity index (χ3v) is 2.95. The van der Waals surface area contributed by atoms with Crippen LogP contribution in [0.4, 0.5) is 5.95 Å². The fourth-order valence-corrected chi connectivity index (χ4v) is 2.21. The van der Waals surface area contributed by atoms with Crippen LogP contribution in [-0.2, 0) is 6.54 Å². The largest absolute Gasteiger partial charge is 0.324 e. The highest BCUT2D eigenvalue weighted by atomic mass is 15.4. The molecule has 2 heterocycles. The number of para-hydroxylation sites is 1. The van der Waals surface area contributed by atoms with Gasteiger partial charge >= 0.3 is 0 Å². The van der Waals surface area contributed by atoms with Crippen molar-refractivity contribution in [1.29, 1.82) is 0 Å². The fraction of sp³-hybridized carbons (Fsp3) is 0.250. The van der Waals surface area contributed by atoms with Gasteiger partial charge in [0.25, 0.3) is 5.95 Å². The van der Waals surface area contributed by atoms with Crippen molar-refractivity contribution in [2.45, 2.75) is 19.9 Å². The van der Waals surface area contributed by atoms with E-state index in [2.05, 4.69) is 38.2 Å². The quantitative estimate of drug-likeness (QED) is 0.539. The molecule has 92 valence electrons. The molecule has 1 aromatic carbocycles. The maximum Gasteiger partial charge on any atom is 0.258 e. The van der Waals surface area contributed by atoms with Crippen molar-refractivity contribution < 1.29 is 0 Å². The van der Waals surface area contributed by atoms with Gasteiger partial charge in [-0.05, 0) is 12.5 Å². The monoisotopic (exact) mass is 242 g/mol. The lowest BCUT2D eigenvalue weighted by molar-refractivity contribution is 0.716. The number of nitrogen functional groups attached to an aromatic ring is 1. The molecule has 0 saturated heterocycles. The van der Waals surface area contributed by atoms with E-state index in [0.717, 1.165) is 35.0 Å². The second-order valence-electron chi connectivity index (χ2n) is 4.12. The number of benzene rings is 1. The molecule has 6 nitrogen and oxygen atoms in total. The van der Waals surface area contributed by atoms with Crippen LogP contribution in [0.1, 0.15) is 13.3 Å². The molecule has 0 radical (unpaired) electrons. The van der Waals surface area contributed by atoms with Gasteiger partial charge in [-0.15, -0.1) is 10.2 Å². The Kier molecular flexibility index (Phi) is 2.56. The smallest absolute Gasteiger partial charge is 0.258 e. The van der Waals surface area contributed by atoms with Crippen molar-refractivity contribution in [2.24, 2.45) is 5.84 Å². The Morgan fingerprint density at radius 3 is 2.89 bits per heavy atom. The molecule has 18 heavy (non-hydrogen) atoms. The molecule has 3 N–H and O–H groups in total. The highest BCUT2D eigenvalue weighted by Crippen LogP contribution is 2.26. The molecule has 3 aromatic rings. The summed E-state index contributed by atoms with van der Waals surface area (Å²) in [7, 11) is 0. The Balaban J connectivity index is 2.42. The van der Waals surface area contributed by atoms with E-state index >= 15 is 0 Å². The first-order valence-electron chi connectivity index (χ1n) is 5.93. The molecule has 0 aliphatic rings. The van der Waals surface area contributed by atoms with Crippen LogP contribution in [-0.4, -0.2) is 19.7 Å². The summed E-state index contributed by atoms with van der Waals surface area (Å²) >= 11 is 0. The lowest BCUT2D eigenvalue weighted by Gasteiger charge is -2.04. The molecule has 3 rings (SSSR count).